The van der Waals surface area contributed by atoms with E-state index in [2.05, 4.69) is 0 Å². The van der Waals surface area contributed by atoms with Gasteiger partial charge in [-0.1, -0.05) is 12.1 Å². The maximum absolute atomic E-state index is 10.7. The summed E-state index contributed by atoms with van der Waals surface area (Å²) in [4.78, 5) is 0. The number of benzene rings is 2. The highest BCUT2D eigenvalue weighted by molar-refractivity contribution is 5.45. The normalized spacial score (nSPS) is 13.1. The fraction of sp³-hybridized carbons (Fsp3) is 0.294. The molecule has 2 rings (SSSR count). The van der Waals surface area contributed by atoms with Crippen molar-refractivity contribution in [2.24, 2.45) is 0 Å². The molecule has 0 amide bonds. The summed E-state index contributed by atoms with van der Waals surface area (Å²) in [6.07, 6.45) is 0. The van der Waals surface area contributed by atoms with Crippen LogP contribution in [0.25, 0.3) is 0 Å². The Morgan fingerprint density at radius 2 is 1.32 bits per heavy atom. The van der Waals surface area contributed by atoms with Gasteiger partial charge in [-0.3, -0.25) is 0 Å². The Bertz CT molecular complexity index is 637. The zero-order chi connectivity index (χ0) is 16.2. The Morgan fingerprint density at radius 1 is 0.773 bits per heavy atom. The van der Waals surface area contributed by atoms with Gasteiger partial charge in [-0.05, 0) is 30.3 Å². The average molecular weight is 304 g/mol. The zero-order valence-corrected chi connectivity index (χ0v) is 13.1. The van der Waals surface area contributed by atoms with Crippen LogP contribution in [0.5, 0.6) is 23.0 Å². The second-order valence-electron chi connectivity index (χ2n) is 4.81. The molecule has 1 unspecified atom stereocenters. The van der Waals surface area contributed by atoms with E-state index >= 15 is 0 Å². The maximum atomic E-state index is 10.7. The molecule has 0 bridgehead atoms. The monoisotopic (exact) mass is 304 g/mol. The number of aliphatic hydroxyl groups is 1. The number of rotatable bonds is 6. The number of hydrogen-bond donors (Lipinski definition) is 1. The van der Waals surface area contributed by atoms with E-state index in [1.54, 1.807) is 51.5 Å². The molecule has 0 heterocycles. The smallest absolute Gasteiger partial charge is 0.232 e. The predicted octanol–water partition coefficient (Wildman–Crippen LogP) is 2.96. The van der Waals surface area contributed by atoms with Crippen LogP contribution in [-0.2, 0) is 5.79 Å². The Labute approximate surface area is 130 Å². The lowest BCUT2D eigenvalue weighted by Crippen LogP contribution is -2.29. The van der Waals surface area contributed by atoms with Gasteiger partial charge < -0.3 is 24.1 Å². The van der Waals surface area contributed by atoms with Crippen molar-refractivity contribution in [2.75, 3.05) is 21.3 Å². The van der Waals surface area contributed by atoms with Crippen molar-refractivity contribution < 1.29 is 24.1 Å². The SMILES string of the molecule is COc1ccc(C(C)(O)Oc2ccccc2OC)cc1OC. The number of hydrogen-bond acceptors (Lipinski definition) is 5. The second-order valence-corrected chi connectivity index (χ2v) is 4.81. The van der Waals surface area contributed by atoms with Crippen LogP contribution in [0.3, 0.4) is 0 Å². The first-order chi connectivity index (χ1) is 10.5. The molecule has 0 saturated carbocycles. The van der Waals surface area contributed by atoms with Crippen LogP contribution < -0.4 is 18.9 Å². The van der Waals surface area contributed by atoms with E-state index in [1.807, 2.05) is 12.1 Å². The van der Waals surface area contributed by atoms with Crippen LogP contribution in [0, 0.1) is 0 Å². The van der Waals surface area contributed by atoms with Crippen LogP contribution in [0.4, 0.5) is 0 Å². The van der Waals surface area contributed by atoms with Gasteiger partial charge in [0.15, 0.2) is 23.0 Å². The third-order valence-corrected chi connectivity index (χ3v) is 3.30. The molecule has 2 aromatic rings. The number of methoxy groups -OCH3 is 3. The molecule has 0 aliphatic rings. The molecule has 0 aliphatic carbocycles. The van der Waals surface area contributed by atoms with Gasteiger partial charge in [0.1, 0.15) is 0 Å². The molecule has 0 saturated heterocycles. The van der Waals surface area contributed by atoms with E-state index in [9.17, 15) is 5.11 Å². The third-order valence-electron chi connectivity index (χ3n) is 3.30. The minimum atomic E-state index is -1.55. The van der Waals surface area contributed by atoms with Crippen molar-refractivity contribution in [1.29, 1.82) is 0 Å². The molecule has 1 atom stereocenters. The zero-order valence-electron chi connectivity index (χ0n) is 13.1. The Kier molecular flexibility index (Phi) is 4.78. The molecule has 0 fully saturated rings. The van der Waals surface area contributed by atoms with Gasteiger partial charge in [0.05, 0.1) is 21.3 Å². The minimum Gasteiger partial charge on any atom is -0.493 e. The minimum absolute atomic E-state index is 0.449. The van der Waals surface area contributed by atoms with Gasteiger partial charge >= 0.3 is 0 Å². The summed E-state index contributed by atoms with van der Waals surface area (Å²) in [6, 6.07) is 12.2. The highest BCUT2D eigenvalue weighted by Gasteiger charge is 2.28. The average Bonchev–Trinajstić information content (AvgIpc) is 2.54. The summed E-state index contributed by atoms with van der Waals surface area (Å²) in [7, 11) is 4.64. The summed E-state index contributed by atoms with van der Waals surface area (Å²) < 4.78 is 21.4. The van der Waals surface area contributed by atoms with Gasteiger partial charge in [-0.2, -0.15) is 0 Å². The van der Waals surface area contributed by atoms with Crippen molar-refractivity contribution >= 4 is 0 Å². The largest absolute Gasteiger partial charge is 0.493 e. The van der Waals surface area contributed by atoms with Gasteiger partial charge in [0, 0.05) is 12.5 Å². The number of para-hydroxylation sites is 2. The van der Waals surface area contributed by atoms with Gasteiger partial charge in [0.25, 0.3) is 0 Å². The number of ether oxygens (including phenoxy) is 4. The van der Waals surface area contributed by atoms with E-state index < -0.39 is 5.79 Å². The summed E-state index contributed by atoms with van der Waals surface area (Å²) in [5, 5.41) is 10.7. The lowest BCUT2D eigenvalue weighted by Gasteiger charge is -2.26. The van der Waals surface area contributed by atoms with E-state index in [0.717, 1.165) is 0 Å². The quantitative estimate of drug-likeness (QED) is 0.832. The molecule has 0 spiro atoms. The lowest BCUT2D eigenvalue weighted by molar-refractivity contribution is -0.130. The third kappa shape index (κ3) is 3.26. The molecule has 118 valence electrons. The summed E-state index contributed by atoms with van der Waals surface area (Å²) in [6.45, 7) is 1.56. The molecule has 0 aromatic heterocycles. The highest BCUT2D eigenvalue weighted by atomic mass is 16.6. The molecule has 5 nitrogen and oxygen atoms in total. The molecule has 2 aromatic carbocycles. The molecular formula is C17H20O5. The highest BCUT2D eigenvalue weighted by Crippen LogP contribution is 2.36. The van der Waals surface area contributed by atoms with Gasteiger partial charge in [-0.15, -0.1) is 0 Å². The van der Waals surface area contributed by atoms with Crippen molar-refractivity contribution in [3.8, 4) is 23.0 Å². The fourth-order valence-corrected chi connectivity index (χ4v) is 2.10. The van der Waals surface area contributed by atoms with Crippen molar-refractivity contribution in [3.63, 3.8) is 0 Å². The van der Waals surface area contributed by atoms with Crippen LogP contribution >= 0.6 is 0 Å². The summed E-state index contributed by atoms with van der Waals surface area (Å²) >= 11 is 0. The molecule has 0 radical (unpaired) electrons. The first-order valence-electron chi connectivity index (χ1n) is 6.78. The first kappa shape index (κ1) is 16.0. The van der Waals surface area contributed by atoms with Crippen LogP contribution in [0.15, 0.2) is 42.5 Å². The lowest BCUT2D eigenvalue weighted by atomic mass is 10.1. The summed E-state index contributed by atoms with van der Waals surface area (Å²) in [5.41, 5.74) is 0.538. The molecular weight excluding hydrogens is 284 g/mol. The molecule has 1 N–H and O–H groups in total. The van der Waals surface area contributed by atoms with E-state index in [4.69, 9.17) is 18.9 Å². The second kappa shape index (κ2) is 6.58. The van der Waals surface area contributed by atoms with Crippen LogP contribution in [0.1, 0.15) is 12.5 Å². The standard InChI is InChI=1S/C17H20O5/c1-17(18,22-15-8-6-5-7-13(15)19-2)12-9-10-14(20-3)16(11-12)21-4/h5-11,18H,1-4H3. The molecule has 5 heteroatoms. The Hall–Kier alpha value is -2.40. The fourth-order valence-electron chi connectivity index (χ4n) is 2.10. The predicted molar refractivity (Wildman–Crippen MR) is 82.7 cm³/mol. The van der Waals surface area contributed by atoms with E-state index in [0.29, 0.717) is 28.6 Å². The Balaban J connectivity index is 2.33. The summed E-state index contributed by atoms with van der Waals surface area (Å²) in [5.74, 6) is 0.546. The maximum Gasteiger partial charge on any atom is 0.232 e. The van der Waals surface area contributed by atoms with E-state index in [-0.39, 0.29) is 0 Å². The van der Waals surface area contributed by atoms with Gasteiger partial charge in [0.2, 0.25) is 5.79 Å². The first-order valence-corrected chi connectivity index (χ1v) is 6.78. The van der Waals surface area contributed by atoms with Crippen molar-refractivity contribution in [2.45, 2.75) is 12.7 Å². The van der Waals surface area contributed by atoms with E-state index in [1.165, 1.54) is 7.11 Å². The Morgan fingerprint density at radius 3 is 1.91 bits per heavy atom. The topological polar surface area (TPSA) is 57.2 Å². The van der Waals surface area contributed by atoms with Crippen LogP contribution in [-0.4, -0.2) is 26.4 Å². The van der Waals surface area contributed by atoms with Crippen molar-refractivity contribution in [3.05, 3.63) is 48.0 Å². The van der Waals surface area contributed by atoms with Crippen LogP contribution in [0.2, 0.25) is 0 Å². The molecule has 0 aliphatic heterocycles. The van der Waals surface area contributed by atoms with Gasteiger partial charge in [-0.25, -0.2) is 0 Å². The van der Waals surface area contributed by atoms with Crippen molar-refractivity contribution in [1.82, 2.24) is 0 Å². The molecule has 22 heavy (non-hydrogen) atoms.